The van der Waals surface area contributed by atoms with E-state index in [1.165, 1.54) is 11.5 Å². The maximum absolute atomic E-state index is 13.1. The van der Waals surface area contributed by atoms with Crippen molar-refractivity contribution in [1.29, 1.82) is 5.26 Å². The molecule has 0 bridgehead atoms. The number of esters is 1. The molecule has 0 aliphatic carbocycles. The molecule has 0 fully saturated rings. The summed E-state index contributed by atoms with van der Waals surface area (Å²) in [6.45, 7) is 1.80. The van der Waals surface area contributed by atoms with Gasteiger partial charge in [-0.3, -0.25) is 9.20 Å². The standard InChI is InChI=1S/C21H17N3O5/c1-13-7-6-10-24-18(13)23-19(29-17-9-5-4-8-16(17)27-2)15(20(24)25)11-14(12-22)21(26)28-3/h4-11H,1-3H3/b14-11-. The van der Waals surface area contributed by atoms with Crippen LogP contribution in [0.1, 0.15) is 11.1 Å². The van der Waals surface area contributed by atoms with Crippen molar-refractivity contribution >= 4 is 17.7 Å². The van der Waals surface area contributed by atoms with Crippen molar-refractivity contribution in [2.75, 3.05) is 14.2 Å². The molecule has 0 unspecified atom stereocenters. The molecule has 0 aliphatic rings. The second-order valence-corrected chi connectivity index (χ2v) is 5.93. The average molecular weight is 391 g/mol. The van der Waals surface area contributed by atoms with Gasteiger partial charge in [-0.15, -0.1) is 0 Å². The molecule has 0 aliphatic heterocycles. The fourth-order valence-electron chi connectivity index (χ4n) is 2.69. The molecule has 0 saturated heterocycles. The summed E-state index contributed by atoms with van der Waals surface area (Å²) < 4.78 is 17.1. The number of pyridine rings is 1. The van der Waals surface area contributed by atoms with Gasteiger partial charge in [0, 0.05) is 6.20 Å². The van der Waals surface area contributed by atoms with Gasteiger partial charge in [-0.2, -0.15) is 10.2 Å². The SMILES string of the molecule is COC(=O)/C(C#N)=C\c1c(Oc2ccccc2OC)nc2c(C)cccn2c1=O. The number of methoxy groups -OCH3 is 2. The van der Waals surface area contributed by atoms with Gasteiger partial charge in [0.05, 0.1) is 14.2 Å². The van der Waals surface area contributed by atoms with E-state index in [2.05, 4.69) is 9.72 Å². The number of hydrogen-bond acceptors (Lipinski definition) is 7. The van der Waals surface area contributed by atoms with Gasteiger partial charge in [0.25, 0.3) is 5.56 Å². The van der Waals surface area contributed by atoms with Crippen molar-refractivity contribution in [3.05, 3.63) is 69.6 Å². The minimum absolute atomic E-state index is 0.0644. The Morgan fingerprint density at radius 1 is 1.17 bits per heavy atom. The summed E-state index contributed by atoms with van der Waals surface area (Å²) in [4.78, 5) is 29.4. The highest BCUT2D eigenvalue weighted by atomic mass is 16.5. The van der Waals surface area contributed by atoms with E-state index in [-0.39, 0.29) is 17.0 Å². The quantitative estimate of drug-likeness (QED) is 0.374. The predicted octanol–water partition coefficient (Wildman–Crippen LogP) is 2.88. The summed E-state index contributed by atoms with van der Waals surface area (Å²) in [7, 11) is 2.63. The number of aromatic nitrogens is 2. The Balaban J connectivity index is 2.30. The van der Waals surface area contributed by atoms with Crippen LogP contribution >= 0.6 is 0 Å². The molecule has 146 valence electrons. The lowest BCUT2D eigenvalue weighted by Gasteiger charge is -2.13. The highest BCUT2D eigenvalue weighted by Gasteiger charge is 2.19. The lowest BCUT2D eigenvalue weighted by Crippen LogP contribution is -2.20. The largest absolute Gasteiger partial charge is 0.493 e. The highest BCUT2D eigenvalue weighted by molar-refractivity contribution is 5.98. The second kappa shape index (κ2) is 8.27. The van der Waals surface area contributed by atoms with E-state index in [0.717, 1.165) is 18.7 Å². The summed E-state index contributed by atoms with van der Waals surface area (Å²) in [6, 6.07) is 12.1. The molecule has 0 amide bonds. The van der Waals surface area contributed by atoms with Crippen molar-refractivity contribution in [1.82, 2.24) is 9.38 Å². The minimum Gasteiger partial charge on any atom is -0.493 e. The number of aryl methyl sites for hydroxylation is 1. The molecule has 29 heavy (non-hydrogen) atoms. The van der Waals surface area contributed by atoms with Crippen molar-refractivity contribution in [2.45, 2.75) is 6.92 Å². The maximum atomic E-state index is 13.1. The Kier molecular flexibility index (Phi) is 5.60. The average Bonchev–Trinajstić information content (AvgIpc) is 2.74. The number of nitrogens with zero attached hydrogens (tertiary/aromatic N) is 3. The lowest BCUT2D eigenvalue weighted by atomic mass is 10.2. The summed E-state index contributed by atoms with van der Waals surface area (Å²) in [5.74, 6) is -0.177. The third kappa shape index (κ3) is 3.80. The highest BCUT2D eigenvalue weighted by Crippen LogP contribution is 2.32. The lowest BCUT2D eigenvalue weighted by molar-refractivity contribution is -0.135. The van der Waals surface area contributed by atoms with Gasteiger partial charge in [0.1, 0.15) is 22.9 Å². The number of carbonyl (C=O) groups excluding carboxylic acids is 1. The van der Waals surface area contributed by atoms with Crippen LogP contribution in [0.4, 0.5) is 0 Å². The molecule has 2 heterocycles. The molecule has 0 saturated carbocycles. The first-order chi connectivity index (χ1) is 14.0. The Bertz CT molecular complexity index is 1220. The molecule has 0 N–H and O–H groups in total. The number of fused-ring (bicyclic) bond motifs is 1. The fraction of sp³-hybridized carbons (Fsp3) is 0.143. The Labute approximate surface area is 166 Å². The van der Waals surface area contributed by atoms with Gasteiger partial charge in [-0.05, 0) is 36.8 Å². The Morgan fingerprint density at radius 3 is 2.55 bits per heavy atom. The van der Waals surface area contributed by atoms with Crippen LogP contribution in [0.2, 0.25) is 0 Å². The van der Waals surface area contributed by atoms with Gasteiger partial charge < -0.3 is 14.2 Å². The van der Waals surface area contributed by atoms with E-state index < -0.39 is 11.5 Å². The van der Waals surface area contributed by atoms with Crippen molar-refractivity contribution < 1.29 is 19.0 Å². The normalized spacial score (nSPS) is 11.0. The third-order valence-electron chi connectivity index (χ3n) is 4.14. The molecule has 8 heteroatoms. The first-order valence-corrected chi connectivity index (χ1v) is 8.53. The summed E-state index contributed by atoms with van der Waals surface area (Å²) in [5.41, 5.74) is 0.208. The van der Waals surface area contributed by atoms with Crippen molar-refractivity contribution in [3.8, 4) is 23.4 Å². The zero-order valence-electron chi connectivity index (χ0n) is 16.0. The van der Waals surface area contributed by atoms with Gasteiger partial charge in [0.15, 0.2) is 11.5 Å². The Morgan fingerprint density at radius 2 is 1.90 bits per heavy atom. The van der Waals surface area contributed by atoms with Crippen LogP contribution in [0, 0.1) is 18.3 Å². The second-order valence-electron chi connectivity index (χ2n) is 5.93. The maximum Gasteiger partial charge on any atom is 0.348 e. The number of rotatable bonds is 5. The van der Waals surface area contributed by atoms with Gasteiger partial charge in [-0.1, -0.05) is 18.2 Å². The summed E-state index contributed by atoms with van der Waals surface area (Å²) in [6.07, 6.45) is 2.66. The molecule has 0 spiro atoms. The first kappa shape index (κ1) is 19.6. The first-order valence-electron chi connectivity index (χ1n) is 8.53. The van der Waals surface area contributed by atoms with Crippen LogP contribution in [0.5, 0.6) is 17.4 Å². The Hall–Kier alpha value is -4.12. The van der Waals surface area contributed by atoms with Crippen LogP contribution in [-0.4, -0.2) is 29.6 Å². The molecule has 1 aromatic carbocycles. The van der Waals surface area contributed by atoms with E-state index in [0.29, 0.717) is 17.1 Å². The van der Waals surface area contributed by atoms with E-state index >= 15 is 0 Å². The smallest absolute Gasteiger partial charge is 0.348 e. The van der Waals surface area contributed by atoms with Crippen LogP contribution in [-0.2, 0) is 9.53 Å². The van der Waals surface area contributed by atoms with Gasteiger partial charge >= 0.3 is 5.97 Å². The van der Waals surface area contributed by atoms with Gasteiger partial charge in [-0.25, -0.2) is 4.79 Å². The van der Waals surface area contributed by atoms with Crippen LogP contribution in [0.3, 0.4) is 0 Å². The van der Waals surface area contributed by atoms with Crippen LogP contribution in [0.25, 0.3) is 11.7 Å². The van der Waals surface area contributed by atoms with Gasteiger partial charge in [0.2, 0.25) is 5.88 Å². The van der Waals surface area contributed by atoms with Crippen molar-refractivity contribution in [3.63, 3.8) is 0 Å². The molecule has 0 atom stereocenters. The zero-order valence-corrected chi connectivity index (χ0v) is 16.0. The van der Waals surface area contributed by atoms with Crippen LogP contribution in [0.15, 0.2) is 53.0 Å². The van der Waals surface area contributed by atoms with E-state index in [4.69, 9.17) is 9.47 Å². The predicted molar refractivity (Wildman–Crippen MR) is 105 cm³/mol. The molecule has 0 radical (unpaired) electrons. The third-order valence-corrected chi connectivity index (χ3v) is 4.14. The topological polar surface area (TPSA) is 103 Å². The number of benzene rings is 1. The molecule has 8 nitrogen and oxygen atoms in total. The number of carbonyl (C=O) groups is 1. The molecular weight excluding hydrogens is 374 g/mol. The molecule has 3 aromatic rings. The van der Waals surface area contributed by atoms with Crippen LogP contribution < -0.4 is 15.0 Å². The zero-order chi connectivity index (χ0) is 21.0. The minimum atomic E-state index is -0.871. The molecule has 2 aromatic heterocycles. The summed E-state index contributed by atoms with van der Waals surface area (Å²) in [5, 5.41) is 9.29. The monoisotopic (exact) mass is 391 g/mol. The van der Waals surface area contributed by atoms with Crippen molar-refractivity contribution in [2.24, 2.45) is 0 Å². The fourth-order valence-corrected chi connectivity index (χ4v) is 2.69. The van der Waals surface area contributed by atoms with E-state index in [1.807, 2.05) is 0 Å². The molecule has 3 rings (SSSR count). The number of hydrogen-bond donors (Lipinski definition) is 0. The van der Waals surface area contributed by atoms with E-state index in [9.17, 15) is 14.9 Å². The summed E-state index contributed by atoms with van der Waals surface area (Å²) >= 11 is 0. The number of para-hydroxylation sites is 2. The van der Waals surface area contributed by atoms with E-state index in [1.54, 1.807) is 55.6 Å². The molecular formula is C21H17N3O5. The number of ether oxygens (including phenoxy) is 3. The number of nitriles is 1.